The van der Waals surface area contributed by atoms with E-state index >= 15 is 0 Å². The van der Waals surface area contributed by atoms with E-state index in [1.165, 1.54) is 0 Å². The highest BCUT2D eigenvalue weighted by molar-refractivity contribution is 5.85. The summed E-state index contributed by atoms with van der Waals surface area (Å²) in [6, 6.07) is 2.48. The van der Waals surface area contributed by atoms with Crippen LogP contribution in [0.3, 0.4) is 0 Å². The monoisotopic (exact) mass is 411 g/mol. The van der Waals surface area contributed by atoms with Gasteiger partial charge in [-0.2, -0.15) is 13.2 Å². The van der Waals surface area contributed by atoms with E-state index in [0.717, 1.165) is 51.0 Å². The van der Waals surface area contributed by atoms with E-state index in [9.17, 15) is 22.4 Å². The van der Waals surface area contributed by atoms with E-state index < -0.39 is 17.6 Å². The van der Waals surface area contributed by atoms with Crippen molar-refractivity contribution in [2.45, 2.75) is 32.0 Å². The second kappa shape index (κ2) is 10.8. The molecule has 1 aliphatic heterocycles. The van der Waals surface area contributed by atoms with Gasteiger partial charge in [0.1, 0.15) is 5.82 Å². The van der Waals surface area contributed by atoms with Crippen LogP contribution < -0.4 is 10.6 Å². The Bertz CT molecular complexity index is 605. The largest absolute Gasteiger partial charge is 0.416 e. The van der Waals surface area contributed by atoms with Gasteiger partial charge in [-0.1, -0.05) is 6.07 Å². The Morgan fingerprint density at radius 3 is 2.52 bits per heavy atom. The first-order valence-electron chi connectivity index (χ1n) is 8.79. The second-order valence-electron chi connectivity index (χ2n) is 6.69. The maximum atomic E-state index is 13.1. The maximum Gasteiger partial charge on any atom is 0.416 e. The van der Waals surface area contributed by atoms with Crippen LogP contribution >= 0.6 is 12.4 Å². The SMILES string of the molecule is CNCCC1CCN(CC(=O)NCc2ccc(F)cc2C(F)(F)F)CC1.Cl. The maximum absolute atomic E-state index is 13.1. The van der Waals surface area contributed by atoms with E-state index in [-0.39, 0.29) is 37.0 Å². The van der Waals surface area contributed by atoms with Crippen molar-refractivity contribution < 1.29 is 22.4 Å². The van der Waals surface area contributed by atoms with Crippen molar-refractivity contribution in [3.8, 4) is 0 Å². The van der Waals surface area contributed by atoms with E-state index in [0.29, 0.717) is 12.0 Å². The molecule has 0 aromatic heterocycles. The third-order valence-electron chi connectivity index (χ3n) is 4.73. The van der Waals surface area contributed by atoms with Gasteiger partial charge in [0, 0.05) is 6.54 Å². The number of nitrogens with one attached hydrogen (secondary N) is 2. The number of carbonyl (C=O) groups excluding carboxylic acids is 1. The van der Waals surface area contributed by atoms with Crippen molar-refractivity contribution in [2.24, 2.45) is 5.92 Å². The van der Waals surface area contributed by atoms with Crippen molar-refractivity contribution in [3.63, 3.8) is 0 Å². The molecule has 1 heterocycles. The zero-order valence-corrected chi connectivity index (χ0v) is 16.1. The summed E-state index contributed by atoms with van der Waals surface area (Å²) < 4.78 is 52.0. The van der Waals surface area contributed by atoms with Crippen LogP contribution in [0.25, 0.3) is 0 Å². The number of likely N-dealkylation sites (tertiary alicyclic amines) is 1. The minimum Gasteiger partial charge on any atom is -0.351 e. The number of amides is 1. The fourth-order valence-electron chi connectivity index (χ4n) is 3.20. The van der Waals surface area contributed by atoms with Crippen LogP contribution in [-0.2, 0) is 17.5 Å². The van der Waals surface area contributed by atoms with E-state index in [4.69, 9.17) is 0 Å². The van der Waals surface area contributed by atoms with Gasteiger partial charge >= 0.3 is 6.18 Å². The molecule has 1 aliphatic rings. The van der Waals surface area contributed by atoms with Gasteiger partial charge in [0.2, 0.25) is 5.91 Å². The summed E-state index contributed by atoms with van der Waals surface area (Å²) in [5.74, 6) is -0.625. The fraction of sp³-hybridized carbons (Fsp3) is 0.611. The molecule has 0 saturated carbocycles. The van der Waals surface area contributed by atoms with Crippen molar-refractivity contribution in [1.29, 1.82) is 0 Å². The number of alkyl halides is 3. The Hall–Kier alpha value is -1.38. The Labute approximate surface area is 163 Å². The highest BCUT2D eigenvalue weighted by Crippen LogP contribution is 2.32. The van der Waals surface area contributed by atoms with Gasteiger partial charge in [0.15, 0.2) is 0 Å². The Kier molecular flexibility index (Phi) is 9.49. The first-order valence-corrected chi connectivity index (χ1v) is 8.79. The van der Waals surface area contributed by atoms with E-state index in [1.807, 2.05) is 11.9 Å². The van der Waals surface area contributed by atoms with Crippen molar-refractivity contribution in [2.75, 3.05) is 33.2 Å². The first kappa shape index (κ1) is 23.7. The zero-order chi connectivity index (χ0) is 19.2. The molecule has 1 amide bonds. The van der Waals surface area contributed by atoms with Crippen molar-refractivity contribution >= 4 is 18.3 Å². The summed E-state index contributed by atoms with van der Waals surface area (Å²) in [5, 5.41) is 5.64. The molecule has 0 unspecified atom stereocenters. The molecule has 2 rings (SSSR count). The Morgan fingerprint density at radius 1 is 1.26 bits per heavy atom. The summed E-state index contributed by atoms with van der Waals surface area (Å²) in [5.41, 5.74) is -1.19. The Balaban J connectivity index is 0.00000364. The van der Waals surface area contributed by atoms with Gasteiger partial charge in [0.05, 0.1) is 12.1 Å². The number of halogens is 5. The quantitative estimate of drug-likeness (QED) is 0.677. The third kappa shape index (κ3) is 7.63. The molecule has 2 N–H and O–H groups in total. The summed E-state index contributed by atoms with van der Waals surface area (Å²) in [7, 11) is 1.92. The minimum atomic E-state index is -4.66. The summed E-state index contributed by atoms with van der Waals surface area (Å²) in [6.45, 7) is 2.50. The predicted molar refractivity (Wildman–Crippen MR) is 98.2 cm³/mol. The van der Waals surface area contributed by atoms with Crippen LogP contribution in [0.5, 0.6) is 0 Å². The molecule has 1 aromatic rings. The molecular weight excluding hydrogens is 386 g/mol. The van der Waals surface area contributed by atoms with Crippen LogP contribution in [-0.4, -0.2) is 44.0 Å². The topological polar surface area (TPSA) is 44.4 Å². The fourth-order valence-corrected chi connectivity index (χ4v) is 3.20. The molecule has 154 valence electrons. The molecule has 0 spiro atoms. The number of benzene rings is 1. The molecule has 0 bridgehead atoms. The van der Waals surface area contributed by atoms with Gasteiger partial charge in [-0.3, -0.25) is 9.69 Å². The van der Waals surface area contributed by atoms with Crippen molar-refractivity contribution in [3.05, 3.63) is 35.1 Å². The zero-order valence-electron chi connectivity index (χ0n) is 15.2. The normalized spacial score (nSPS) is 16.0. The lowest BCUT2D eigenvalue weighted by Gasteiger charge is -2.31. The number of hydrogen-bond donors (Lipinski definition) is 2. The number of nitrogens with zero attached hydrogens (tertiary/aromatic N) is 1. The molecular formula is C18H26ClF4N3O. The average molecular weight is 412 g/mol. The average Bonchev–Trinajstić information content (AvgIpc) is 2.59. The van der Waals surface area contributed by atoms with E-state index in [2.05, 4.69) is 10.6 Å². The van der Waals surface area contributed by atoms with Gasteiger partial charge in [0.25, 0.3) is 0 Å². The summed E-state index contributed by atoms with van der Waals surface area (Å²) >= 11 is 0. The van der Waals surface area contributed by atoms with Crippen LogP contribution in [0.1, 0.15) is 30.4 Å². The molecule has 1 saturated heterocycles. The van der Waals surface area contributed by atoms with Crippen LogP contribution in [0.2, 0.25) is 0 Å². The molecule has 0 radical (unpaired) electrons. The third-order valence-corrected chi connectivity index (χ3v) is 4.73. The molecule has 1 aromatic carbocycles. The molecule has 9 heteroatoms. The van der Waals surface area contributed by atoms with Gasteiger partial charge in [-0.15, -0.1) is 12.4 Å². The lowest BCUT2D eigenvalue weighted by Crippen LogP contribution is -2.41. The summed E-state index contributed by atoms with van der Waals surface area (Å²) in [4.78, 5) is 14.1. The van der Waals surface area contributed by atoms with Gasteiger partial charge in [-0.05, 0) is 69.6 Å². The van der Waals surface area contributed by atoms with E-state index in [1.54, 1.807) is 0 Å². The molecule has 1 fully saturated rings. The van der Waals surface area contributed by atoms with Crippen LogP contribution in [0.4, 0.5) is 17.6 Å². The standard InChI is InChI=1S/C18H25F4N3O.ClH/c1-23-7-4-13-5-8-25(9-6-13)12-17(26)24-11-14-2-3-15(19)10-16(14)18(20,21)22;/h2-3,10,13,23H,4-9,11-12H2,1H3,(H,24,26);1H. The number of hydrogen-bond acceptors (Lipinski definition) is 3. The molecule has 27 heavy (non-hydrogen) atoms. The van der Waals surface area contributed by atoms with Gasteiger partial charge in [-0.25, -0.2) is 4.39 Å². The number of rotatable bonds is 7. The molecule has 0 aliphatic carbocycles. The number of piperidine rings is 1. The second-order valence-corrected chi connectivity index (χ2v) is 6.69. The number of carbonyl (C=O) groups is 1. The predicted octanol–water partition coefficient (Wildman–Crippen LogP) is 3.20. The van der Waals surface area contributed by atoms with Crippen LogP contribution in [0.15, 0.2) is 18.2 Å². The highest BCUT2D eigenvalue weighted by atomic mass is 35.5. The summed E-state index contributed by atoms with van der Waals surface area (Å²) in [6.07, 6.45) is -1.50. The Morgan fingerprint density at radius 2 is 1.93 bits per heavy atom. The highest BCUT2D eigenvalue weighted by Gasteiger charge is 2.33. The smallest absolute Gasteiger partial charge is 0.351 e. The molecule has 0 atom stereocenters. The first-order chi connectivity index (χ1) is 12.3. The van der Waals surface area contributed by atoms with Gasteiger partial charge < -0.3 is 10.6 Å². The van der Waals surface area contributed by atoms with Crippen molar-refractivity contribution in [1.82, 2.24) is 15.5 Å². The minimum absolute atomic E-state index is 0. The molecule has 4 nitrogen and oxygen atoms in total. The lowest BCUT2D eigenvalue weighted by atomic mass is 9.93. The lowest BCUT2D eigenvalue weighted by molar-refractivity contribution is -0.138. The van der Waals surface area contributed by atoms with Crippen LogP contribution in [0, 0.1) is 11.7 Å².